The summed E-state index contributed by atoms with van der Waals surface area (Å²) in [5, 5.41) is 12.2. The molecule has 1 saturated heterocycles. The molecule has 1 aromatic heterocycles. The van der Waals surface area contributed by atoms with Crippen molar-refractivity contribution in [2.75, 3.05) is 26.2 Å². The van der Waals surface area contributed by atoms with Gasteiger partial charge in [-0.25, -0.2) is 4.98 Å². The molecule has 0 aliphatic carbocycles. The van der Waals surface area contributed by atoms with Crippen molar-refractivity contribution in [3.05, 3.63) is 68.7 Å². The van der Waals surface area contributed by atoms with Crippen molar-refractivity contribution in [1.29, 1.82) is 0 Å². The summed E-state index contributed by atoms with van der Waals surface area (Å²) in [6, 6.07) is 12.8. The van der Waals surface area contributed by atoms with Crippen LogP contribution in [0.5, 0.6) is 0 Å². The fourth-order valence-corrected chi connectivity index (χ4v) is 4.52. The van der Waals surface area contributed by atoms with Gasteiger partial charge in [-0.15, -0.1) is 11.3 Å². The van der Waals surface area contributed by atoms with Gasteiger partial charge in [0.25, 0.3) is 11.6 Å². The number of nitro groups is 1. The maximum absolute atomic E-state index is 12.9. The average Bonchev–Trinajstić information content (AvgIpc) is 3.10. The van der Waals surface area contributed by atoms with E-state index in [2.05, 4.69) is 16.0 Å². The Labute approximate surface area is 166 Å². The largest absolute Gasteiger partial charge is 0.336 e. The molecule has 0 N–H and O–H groups in total. The molecule has 0 saturated carbocycles. The molecule has 2 aromatic carbocycles. The number of carbonyl (C=O) groups is 1. The lowest BCUT2D eigenvalue weighted by molar-refractivity contribution is -0.385. The zero-order chi connectivity index (χ0) is 19.7. The Kier molecular flexibility index (Phi) is 5.06. The Morgan fingerprint density at radius 1 is 1.14 bits per heavy atom. The van der Waals surface area contributed by atoms with E-state index in [4.69, 9.17) is 0 Å². The molecule has 3 aromatic rings. The SMILES string of the molecule is Cc1c(C(=O)N2CCN(Cc3nc4ccccc4s3)CC2)cccc1[N+](=O)[O-]. The second-order valence-electron chi connectivity index (χ2n) is 6.85. The predicted molar refractivity (Wildman–Crippen MR) is 109 cm³/mol. The molecule has 4 rings (SSSR count). The third-order valence-corrected chi connectivity index (χ3v) is 6.11. The zero-order valence-electron chi connectivity index (χ0n) is 15.5. The molecule has 144 valence electrons. The van der Waals surface area contributed by atoms with Gasteiger partial charge in [0.05, 0.1) is 21.7 Å². The molecule has 7 nitrogen and oxygen atoms in total. The third-order valence-electron chi connectivity index (χ3n) is 5.09. The van der Waals surface area contributed by atoms with Gasteiger partial charge in [-0.1, -0.05) is 18.2 Å². The van der Waals surface area contributed by atoms with Gasteiger partial charge in [-0.3, -0.25) is 19.8 Å². The highest BCUT2D eigenvalue weighted by Gasteiger charge is 2.26. The Morgan fingerprint density at radius 3 is 2.61 bits per heavy atom. The second kappa shape index (κ2) is 7.65. The van der Waals surface area contributed by atoms with E-state index >= 15 is 0 Å². The molecule has 1 amide bonds. The van der Waals surface area contributed by atoms with Crippen LogP contribution in [0.15, 0.2) is 42.5 Å². The van der Waals surface area contributed by atoms with E-state index in [0.717, 1.165) is 30.2 Å². The topological polar surface area (TPSA) is 79.6 Å². The Hall–Kier alpha value is -2.84. The van der Waals surface area contributed by atoms with Crippen molar-refractivity contribution in [2.24, 2.45) is 0 Å². The molecular weight excluding hydrogens is 376 g/mol. The predicted octanol–water partition coefficient (Wildman–Crippen LogP) is 3.47. The monoisotopic (exact) mass is 396 g/mol. The summed E-state index contributed by atoms with van der Waals surface area (Å²) in [4.78, 5) is 32.3. The highest BCUT2D eigenvalue weighted by molar-refractivity contribution is 7.18. The van der Waals surface area contributed by atoms with Gasteiger partial charge in [0.1, 0.15) is 5.01 Å². The highest BCUT2D eigenvalue weighted by Crippen LogP contribution is 2.24. The van der Waals surface area contributed by atoms with Gasteiger partial charge in [-0.2, -0.15) is 0 Å². The first-order valence-electron chi connectivity index (χ1n) is 9.13. The number of piperazine rings is 1. The number of aromatic nitrogens is 1. The number of nitrogens with zero attached hydrogens (tertiary/aromatic N) is 4. The Bertz CT molecular complexity index is 1010. The summed E-state index contributed by atoms with van der Waals surface area (Å²) >= 11 is 1.70. The van der Waals surface area contributed by atoms with Crippen molar-refractivity contribution in [3.8, 4) is 0 Å². The van der Waals surface area contributed by atoms with Crippen molar-refractivity contribution in [1.82, 2.24) is 14.8 Å². The molecule has 1 aliphatic heterocycles. The molecule has 1 fully saturated rings. The molecule has 0 atom stereocenters. The van der Waals surface area contributed by atoms with Crippen LogP contribution in [0, 0.1) is 17.0 Å². The number of thiazole rings is 1. The highest BCUT2D eigenvalue weighted by atomic mass is 32.1. The third kappa shape index (κ3) is 3.61. The minimum absolute atomic E-state index is 0.0136. The second-order valence-corrected chi connectivity index (χ2v) is 7.97. The van der Waals surface area contributed by atoms with Gasteiger partial charge in [0, 0.05) is 43.4 Å². The van der Waals surface area contributed by atoms with Gasteiger partial charge in [0.2, 0.25) is 0 Å². The van der Waals surface area contributed by atoms with Crippen LogP contribution in [-0.4, -0.2) is 51.8 Å². The van der Waals surface area contributed by atoms with Gasteiger partial charge >= 0.3 is 0 Å². The van der Waals surface area contributed by atoms with E-state index < -0.39 is 4.92 Å². The maximum atomic E-state index is 12.9. The fourth-order valence-electron chi connectivity index (χ4n) is 3.51. The summed E-state index contributed by atoms with van der Waals surface area (Å²) in [7, 11) is 0. The van der Waals surface area contributed by atoms with E-state index in [1.165, 1.54) is 10.8 Å². The van der Waals surface area contributed by atoms with Crippen LogP contribution in [-0.2, 0) is 6.54 Å². The van der Waals surface area contributed by atoms with E-state index in [9.17, 15) is 14.9 Å². The first-order chi connectivity index (χ1) is 13.5. The first kappa shape index (κ1) is 18.5. The molecule has 2 heterocycles. The van der Waals surface area contributed by atoms with Crippen LogP contribution in [0.2, 0.25) is 0 Å². The van der Waals surface area contributed by atoms with E-state index in [1.54, 1.807) is 35.3 Å². The molecule has 0 bridgehead atoms. The normalized spacial score (nSPS) is 15.1. The standard InChI is InChI=1S/C20H20N4O3S/c1-14-15(5-4-7-17(14)24(26)27)20(25)23-11-9-22(10-12-23)13-19-21-16-6-2-3-8-18(16)28-19/h2-8H,9-13H2,1H3. The van der Waals surface area contributed by atoms with Crippen LogP contribution in [0.25, 0.3) is 10.2 Å². The van der Waals surface area contributed by atoms with Gasteiger partial charge < -0.3 is 4.90 Å². The Morgan fingerprint density at radius 2 is 1.89 bits per heavy atom. The number of amides is 1. The van der Waals surface area contributed by atoms with Crippen molar-refractivity contribution in [2.45, 2.75) is 13.5 Å². The Balaban J connectivity index is 1.40. The lowest BCUT2D eigenvalue weighted by atomic mass is 10.1. The molecule has 0 unspecified atom stereocenters. The summed E-state index contributed by atoms with van der Waals surface area (Å²) in [5.74, 6) is -0.138. The summed E-state index contributed by atoms with van der Waals surface area (Å²) < 4.78 is 1.19. The molecular formula is C20H20N4O3S. The minimum Gasteiger partial charge on any atom is -0.336 e. The number of fused-ring (bicyclic) bond motifs is 1. The summed E-state index contributed by atoms with van der Waals surface area (Å²) in [6.45, 7) is 5.13. The molecule has 28 heavy (non-hydrogen) atoms. The minimum atomic E-state index is -0.442. The number of nitro benzene ring substituents is 1. The smallest absolute Gasteiger partial charge is 0.273 e. The van der Waals surface area contributed by atoms with Crippen LogP contribution in [0.4, 0.5) is 5.69 Å². The van der Waals surface area contributed by atoms with Gasteiger partial charge in [-0.05, 0) is 25.1 Å². The molecule has 1 aliphatic rings. The lowest BCUT2D eigenvalue weighted by Crippen LogP contribution is -2.48. The van der Waals surface area contributed by atoms with E-state index in [0.29, 0.717) is 24.2 Å². The summed E-state index contributed by atoms with van der Waals surface area (Å²) in [6.07, 6.45) is 0. The van der Waals surface area contributed by atoms with E-state index in [-0.39, 0.29) is 11.6 Å². The number of benzene rings is 2. The molecule has 0 spiro atoms. The van der Waals surface area contributed by atoms with Crippen LogP contribution in [0.1, 0.15) is 20.9 Å². The number of hydrogen-bond donors (Lipinski definition) is 0. The average molecular weight is 396 g/mol. The maximum Gasteiger partial charge on any atom is 0.273 e. The van der Waals surface area contributed by atoms with E-state index in [1.807, 2.05) is 18.2 Å². The number of hydrogen-bond acceptors (Lipinski definition) is 6. The number of carbonyl (C=O) groups excluding carboxylic acids is 1. The summed E-state index contributed by atoms with van der Waals surface area (Å²) in [5.41, 5.74) is 1.85. The van der Waals surface area contributed by atoms with Crippen LogP contribution < -0.4 is 0 Å². The quantitative estimate of drug-likeness (QED) is 0.498. The van der Waals surface area contributed by atoms with Crippen LogP contribution >= 0.6 is 11.3 Å². The van der Waals surface area contributed by atoms with Gasteiger partial charge in [0.15, 0.2) is 0 Å². The number of para-hydroxylation sites is 1. The number of rotatable bonds is 4. The fraction of sp³-hybridized carbons (Fsp3) is 0.300. The molecule has 8 heteroatoms. The zero-order valence-corrected chi connectivity index (χ0v) is 16.3. The van der Waals surface area contributed by atoms with Crippen molar-refractivity contribution >= 4 is 33.1 Å². The lowest BCUT2D eigenvalue weighted by Gasteiger charge is -2.34. The first-order valence-corrected chi connectivity index (χ1v) is 9.94. The molecule has 0 radical (unpaired) electrons. The van der Waals surface area contributed by atoms with Crippen molar-refractivity contribution in [3.63, 3.8) is 0 Å². The van der Waals surface area contributed by atoms with Crippen LogP contribution in [0.3, 0.4) is 0 Å². The van der Waals surface area contributed by atoms with Crippen molar-refractivity contribution < 1.29 is 9.72 Å².